The first-order chi connectivity index (χ1) is 3.33. The average Bonchev–Trinajstić information content (AvgIpc) is 1.69. The molecule has 0 rings (SSSR count). The van der Waals surface area contributed by atoms with Crippen LogP contribution in [-0.2, 0) is 17.0 Å². The van der Waals surface area contributed by atoms with Crippen LogP contribution < -0.4 is 0 Å². The van der Waals surface area contributed by atoms with Gasteiger partial charge in [0, 0.05) is 0 Å². The van der Waals surface area contributed by atoms with Gasteiger partial charge in [0.2, 0.25) is 0 Å². The van der Waals surface area contributed by atoms with E-state index in [4.69, 9.17) is 18.6 Å². The zero-order valence-corrected chi connectivity index (χ0v) is 8.03. The van der Waals surface area contributed by atoms with Crippen LogP contribution in [0.15, 0.2) is 0 Å². The Bertz CT molecular complexity index is 21.5. The summed E-state index contributed by atoms with van der Waals surface area (Å²) in [4.78, 5) is 0. The number of halogens is 2. The van der Waals surface area contributed by atoms with Crippen molar-refractivity contribution in [1.29, 1.82) is 0 Å². The molecule has 0 atom stereocenters. The molecule has 0 amide bonds. The number of hydrogen-bond acceptors (Lipinski definition) is 0. The van der Waals surface area contributed by atoms with Crippen LogP contribution in [0.2, 0.25) is 0 Å². The second kappa shape index (κ2) is 24.0. The van der Waals surface area contributed by atoms with Crippen LogP contribution >= 0.6 is 18.6 Å². The Morgan fingerprint density at radius 3 is 1.62 bits per heavy atom. The maximum absolute atomic E-state index is 4.89. The Morgan fingerprint density at radius 2 is 1.62 bits per heavy atom. The monoisotopic (exact) mass is 191 g/mol. The Labute approximate surface area is 68.4 Å². The van der Waals surface area contributed by atoms with Crippen molar-refractivity contribution < 1.29 is 17.0 Å². The van der Waals surface area contributed by atoms with Gasteiger partial charge in [0.1, 0.15) is 0 Å². The van der Waals surface area contributed by atoms with E-state index in [9.17, 15) is 0 Å². The molecule has 52 valence electrons. The summed E-state index contributed by atoms with van der Waals surface area (Å²) in [5.41, 5.74) is 0. The molecule has 0 aliphatic rings. The smallest absolute Gasteiger partial charge is 0.693 e. The fourth-order valence-electron chi connectivity index (χ4n) is 0. The third-order valence-corrected chi connectivity index (χ3v) is 0.354. The largest absolute Gasteiger partial charge is 0.693 e. The maximum atomic E-state index is 4.89. The Kier molecular flexibility index (Phi) is 48.4. The Morgan fingerprint density at radius 1 is 1.50 bits per heavy atom. The molecule has 0 bridgehead atoms. The minimum atomic E-state index is -0.556. The summed E-state index contributed by atoms with van der Waals surface area (Å²) in [5.74, 6) is 0. The quantitative estimate of drug-likeness (QED) is 0.448. The van der Waals surface area contributed by atoms with Crippen molar-refractivity contribution in [2.24, 2.45) is 0 Å². The molecule has 0 aromatic carbocycles. The Hall–Kier alpha value is 1.25. The molecule has 0 aliphatic heterocycles. The molecule has 0 unspecified atom stereocenters. The number of rotatable bonds is 1. The Balaban J connectivity index is -0.0000000575. The molecule has 2 N–H and O–H groups in total. The van der Waals surface area contributed by atoms with Gasteiger partial charge in [-0.1, -0.05) is 13.3 Å². The second-order valence-electron chi connectivity index (χ2n) is 0.925. The SMILES string of the molecule is [CH2-]CCC.[Cl][Ti][Cl].[NH2-]. The predicted molar refractivity (Wildman–Crippen MR) is 37.3 cm³/mol. The number of hydrogen-bond donors (Lipinski definition) is 0. The second-order valence-corrected chi connectivity index (χ2v) is 3.50. The van der Waals surface area contributed by atoms with E-state index in [-0.39, 0.29) is 6.15 Å². The van der Waals surface area contributed by atoms with E-state index >= 15 is 0 Å². The van der Waals surface area contributed by atoms with Gasteiger partial charge in [0.15, 0.2) is 0 Å². The summed E-state index contributed by atoms with van der Waals surface area (Å²) < 4.78 is 0. The van der Waals surface area contributed by atoms with Crippen LogP contribution in [0.5, 0.6) is 0 Å². The summed E-state index contributed by atoms with van der Waals surface area (Å²) in [5, 5.41) is 0. The van der Waals surface area contributed by atoms with Crippen molar-refractivity contribution in [1.82, 2.24) is 0 Å². The first-order valence-electron chi connectivity index (χ1n) is 2.09. The van der Waals surface area contributed by atoms with Crippen LogP contribution in [0.4, 0.5) is 0 Å². The fourth-order valence-corrected chi connectivity index (χ4v) is 0. The topological polar surface area (TPSA) is 33.5 Å². The van der Waals surface area contributed by atoms with Crippen molar-refractivity contribution in [3.05, 3.63) is 13.1 Å². The van der Waals surface area contributed by atoms with Gasteiger partial charge >= 0.3 is 35.6 Å². The van der Waals surface area contributed by atoms with Crippen molar-refractivity contribution >= 4 is 18.6 Å². The molecular formula is C4H11Cl2NTi-2. The number of unbranched alkanes of at least 4 members (excludes halogenated alkanes) is 1. The molecular weight excluding hydrogens is 181 g/mol. The van der Waals surface area contributed by atoms with Crippen molar-refractivity contribution in [3.63, 3.8) is 0 Å². The summed E-state index contributed by atoms with van der Waals surface area (Å²) in [7, 11) is 9.78. The van der Waals surface area contributed by atoms with E-state index in [1.54, 1.807) is 0 Å². The zero-order chi connectivity index (χ0) is 6.12. The summed E-state index contributed by atoms with van der Waals surface area (Å²) >= 11 is -0.556. The van der Waals surface area contributed by atoms with Crippen LogP contribution in [0.3, 0.4) is 0 Å². The minimum absolute atomic E-state index is 0. The average molecular weight is 192 g/mol. The summed E-state index contributed by atoms with van der Waals surface area (Å²) in [6.07, 6.45) is 2.28. The molecule has 0 saturated heterocycles. The standard InChI is InChI=1S/C4H9.2ClH.H2N.Ti/c1-3-4-2;;;;/h1,3-4H2,2H3;2*1H;1H2;/q-1;;;-1;+2/p-2. The van der Waals surface area contributed by atoms with Crippen molar-refractivity contribution in [2.45, 2.75) is 19.8 Å². The third kappa shape index (κ3) is 55.8. The molecule has 4 heteroatoms. The molecule has 0 fully saturated rings. The molecule has 8 heavy (non-hydrogen) atoms. The van der Waals surface area contributed by atoms with Gasteiger partial charge in [0.25, 0.3) is 0 Å². The van der Waals surface area contributed by atoms with Gasteiger partial charge in [-0.05, 0) is 0 Å². The van der Waals surface area contributed by atoms with Gasteiger partial charge in [0.05, 0.1) is 0 Å². The molecule has 0 spiro atoms. The normalized spacial score (nSPS) is 5.50. The molecule has 0 saturated carbocycles. The van der Waals surface area contributed by atoms with E-state index in [1.807, 2.05) is 0 Å². The molecule has 0 heterocycles. The third-order valence-electron chi connectivity index (χ3n) is 0.354. The minimum Gasteiger partial charge on any atom is -0.693 e. The number of nitrogens with two attached hydrogens (primary N) is 1. The zero-order valence-electron chi connectivity index (χ0n) is 4.95. The van der Waals surface area contributed by atoms with Gasteiger partial charge in [-0.25, -0.2) is 0 Å². The molecule has 0 aromatic heterocycles. The van der Waals surface area contributed by atoms with Crippen LogP contribution in [0, 0.1) is 6.92 Å². The van der Waals surface area contributed by atoms with Crippen molar-refractivity contribution in [2.75, 3.05) is 0 Å². The summed E-state index contributed by atoms with van der Waals surface area (Å²) in [6.45, 7) is 5.72. The van der Waals surface area contributed by atoms with Crippen LogP contribution in [0.1, 0.15) is 19.8 Å². The van der Waals surface area contributed by atoms with E-state index < -0.39 is 17.0 Å². The van der Waals surface area contributed by atoms with Crippen LogP contribution in [-0.4, -0.2) is 0 Å². The maximum Gasteiger partial charge on any atom is -0.693 e. The van der Waals surface area contributed by atoms with Crippen molar-refractivity contribution in [3.8, 4) is 0 Å². The van der Waals surface area contributed by atoms with E-state index in [2.05, 4.69) is 13.8 Å². The fraction of sp³-hybridized carbons (Fsp3) is 0.750. The molecule has 0 aliphatic carbocycles. The van der Waals surface area contributed by atoms with Gasteiger partial charge < -0.3 is 13.1 Å². The molecule has 0 radical (unpaired) electrons. The first kappa shape index (κ1) is 16.1. The molecule has 0 aromatic rings. The van der Waals surface area contributed by atoms with Gasteiger partial charge in [-0.3, -0.25) is 0 Å². The van der Waals surface area contributed by atoms with E-state index in [0.717, 1.165) is 6.42 Å². The first-order valence-corrected chi connectivity index (χ1v) is 6.38. The van der Waals surface area contributed by atoms with Gasteiger partial charge in [-0.15, -0.1) is 0 Å². The summed E-state index contributed by atoms with van der Waals surface area (Å²) in [6, 6.07) is 0. The predicted octanol–water partition coefficient (Wildman–Crippen LogP) is 3.71. The van der Waals surface area contributed by atoms with Crippen LogP contribution in [0.25, 0.3) is 6.15 Å². The molecule has 1 nitrogen and oxygen atoms in total. The van der Waals surface area contributed by atoms with E-state index in [0.29, 0.717) is 0 Å². The van der Waals surface area contributed by atoms with E-state index in [1.165, 1.54) is 6.42 Å². The van der Waals surface area contributed by atoms with Gasteiger partial charge in [-0.2, -0.15) is 6.42 Å².